The lowest BCUT2D eigenvalue weighted by atomic mass is 10.0. The van der Waals surface area contributed by atoms with Crippen LogP contribution in [0.2, 0.25) is 0 Å². The average Bonchev–Trinajstić information content (AvgIpc) is 2.85. The molecule has 1 aromatic carbocycles. The normalized spacial score (nSPS) is 12.0. The highest BCUT2D eigenvalue weighted by atomic mass is 19.4. The van der Waals surface area contributed by atoms with E-state index in [1.807, 2.05) is 0 Å². The molecule has 0 saturated heterocycles. The largest absolute Gasteiger partial charge is 0.416 e. The number of rotatable bonds is 1. The number of halogens is 6. The second-order valence-corrected chi connectivity index (χ2v) is 4.57. The molecule has 0 saturated carbocycles. The van der Waals surface area contributed by atoms with Crippen LogP contribution in [0.3, 0.4) is 0 Å². The Morgan fingerprint density at radius 2 is 1.58 bits per heavy atom. The second-order valence-electron chi connectivity index (χ2n) is 4.57. The first-order valence-electron chi connectivity index (χ1n) is 6.03. The molecule has 11 heteroatoms. The minimum Gasteiger partial charge on any atom is -0.382 e. The van der Waals surface area contributed by atoms with Crippen LogP contribution in [0.5, 0.6) is 0 Å². The van der Waals surface area contributed by atoms with Crippen molar-refractivity contribution in [3.05, 3.63) is 46.6 Å². The summed E-state index contributed by atoms with van der Waals surface area (Å²) >= 11 is 0. The molecule has 2 rings (SSSR count). The Kier molecular flexibility index (Phi) is 4.01. The number of hydrogen-bond acceptors (Lipinski definition) is 4. The quantitative estimate of drug-likeness (QED) is 0.803. The summed E-state index contributed by atoms with van der Waals surface area (Å²) in [5.41, 5.74) is 0.956. The summed E-state index contributed by atoms with van der Waals surface area (Å²) in [7, 11) is 0. The van der Waals surface area contributed by atoms with Crippen LogP contribution in [0, 0.1) is 11.3 Å². The molecule has 0 amide bonds. The summed E-state index contributed by atoms with van der Waals surface area (Å²) in [4.78, 5) is 12.1. The number of alkyl halides is 6. The predicted octanol–water partition coefficient (Wildman–Crippen LogP) is 3.06. The van der Waals surface area contributed by atoms with E-state index in [0.29, 0.717) is 4.68 Å². The van der Waals surface area contributed by atoms with Crippen LogP contribution < -0.4 is 5.73 Å². The third kappa shape index (κ3) is 3.17. The zero-order valence-electron chi connectivity index (χ0n) is 11.4. The standard InChI is InChI=1S/C13H6F6N4O/c14-12(15,16)8-1-6(2-9(3-8)13(17,18)19)11(24)23-10(21)7(4-20)5-22-23/h1-3,5H,21H2. The maximum Gasteiger partial charge on any atom is 0.416 e. The Morgan fingerprint density at radius 3 is 1.96 bits per heavy atom. The predicted molar refractivity (Wildman–Crippen MR) is 67.5 cm³/mol. The van der Waals surface area contributed by atoms with E-state index in [4.69, 9.17) is 11.0 Å². The zero-order valence-corrected chi connectivity index (χ0v) is 11.4. The molecule has 0 aliphatic heterocycles. The van der Waals surface area contributed by atoms with Gasteiger partial charge in [0.1, 0.15) is 17.5 Å². The fourth-order valence-corrected chi connectivity index (χ4v) is 1.81. The van der Waals surface area contributed by atoms with Crippen molar-refractivity contribution < 1.29 is 31.1 Å². The van der Waals surface area contributed by atoms with Crippen molar-refractivity contribution in [1.29, 1.82) is 5.26 Å². The Bertz CT molecular complexity index is 811. The molecule has 0 atom stereocenters. The van der Waals surface area contributed by atoms with Crippen molar-refractivity contribution in [3.63, 3.8) is 0 Å². The van der Waals surface area contributed by atoms with Crippen molar-refractivity contribution in [2.24, 2.45) is 0 Å². The molecule has 126 valence electrons. The molecule has 0 spiro atoms. The average molecular weight is 348 g/mol. The lowest BCUT2D eigenvalue weighted by molar-refractivity contribution is -0.143. The molecule has 0 aliphatic rings. The maximum absolute atomic E-state index is 12.8. The molecule has 0 unspecified atom stereocenters. The van der Waals surface area contributed by atoms with Gasteiger partial charge >= 0.3 is 12.4 Å². The lowest BCUT2D eigenvalue weighted by Gasteiger charge is -2.14. The van der Waals surface area contributed by atoms with E-state index in [1.165, 1.54) is 0 Å². The number of nitrogen functional groups attached to an aromatic ring is 1. The highest BCUT2D eigenvalue weighted by molar-refractivity contribution is 5.97. The first-order chi connectivity index (χ1) is 10.9. The molecule has 1 aromatic heterocycles. The van der Waals surface area contributed by atoms with Gasteiger partial charge in [0, 0.05) is 5.56 Å². The fraction of sp³-hybridized carbons (Fsp3) is 0.154. The minimum atomic E-state index is -5.09. The van der Waals surface area contributed by atoms with Gasteiger partial charge in [0.05, 0.1) is 17.3 Å². The molecule has 0 bridgehead atoms. The van der Waals surface area contributed by atoms with Gasteiger partial charge in [0.15, 0.2) is 0 Å². The van der Waals surface area contributed by atoms with Crippen molar-refractivity contribution >= 4 is 11.7 Å². The first kappa shape index (κ1) is 17.3. The third-order valence-electron chi connectivity index (χ3n) is 2.95. The Balaban J connectivity index is 2.63. The highest BCUT2D eigenvalue weighted by Gasteiger charge is 2.37. The summed E-state index contributed by atoms with van der Waals surface area (Å²) in [5, 5.41) is 12.1. The number of nitrogens with zero attached hydrogens (tertiary/aromatic N) is 3. The number of hydrogen-bond donors (Lipinski definition) is 1. The van der Waals surface area contributed by atoms with Crippen molar-refractivity contribution in [2.45, 2.75) is 12.4 Å². The van der Waals surface area contributed by atoms with E-state index in [-0.39, 0.29) is 23.8 Å². The van der Waals surface area contributed by atoms with Gasteiger partial charge in [-0.25, -0.2) is 0 Å². The molecule has 0 fully saturated rings. The van der Waals surface area contributed by atoms with Crippen LogP contribution in [0.1, 0.15) is 27.0 Å². The number of carbonyl (C=O) groups is 1. The lowest BCUT2D eigenvalue weighted by Crippen LogP contribution is -2.19. The van der Waals surface area contributed by atoms with Crippen LogP contribution in [0.4, 0.5) is 32.2 Å². The Morgan fingerprint density at radius 1 is 1.08 bits per heavy atom. The fourth-order valence-electron chi connectivity index (χ4n) is 1.81. The number of benzene rings is 1. The highest BCUT2D eigenvalue weighted by Crippen LogP contribution is 2.36. The van der Waals surface area contributed by atoms with Crippen LogP contribution >= 0.6 is 0 Å². The zero-order chi connectivity index (χ0) is 18.3. The number of nitriles is 1. The SMILES string of the molecule is N#Cc1cnn(C(=O)c2cc(C(F)(F)F)cc(C(F)(F)F)c2)c1N. The van der Waals surface area contributed by atoms with E-state index < -0.39 is 40.8 Å². The van der Waals surface area contributed by atoms with Gasteiger partial charge in [-0.2, -0.15) is 41.4 Å². The first-order valence-corrected chi connectivity index (χ1v) is 6.03. The van der Waals surface area contributed by atoms with E-state index in [9.17, 15) is 31.1 Å². The van der Waals surface area contributed by atoms with Crippen LogP contribution in [0.15, 0.2) is 24.4 Å². The van der Waals surface area contributed by atoms with Crippen LogP contribution in [0.25, 0.3) is 0 Å². The number of nitrogens with two attached hydrogens (primary N) is 1. The molecule has 24 heavy (non-hydrogen) atoms. The monoisotopic (exact) mass is 348 g/mol. The maximum atomic E-state index is 12.8. The molecule has 2 N–H and O–H groups in total. The molecule has 1 heterocycles. The van der Waals surface area contributed by atoms with Crippen LogP contribution in [-0.4, -0.2) is 15.7 Å². The molecule has 2 aromatic rings. The Hall–Kier alpha value is -3.03. The van der Waals surface area contributed by atoms with Gasteiger partial charge in [-0.05, 0) is 18.2 Å². The van der Waals surface area contributed by atoms with Crippen molar-refractivity contribution in [2.75, 3.05) is 5.73 Å². The van der Waals surface area contributed by atoms with Crippen molar-refractivity contribution in [3.8, 4) is 6.07 Å². The molecule has 5 nitrogen and oxygen atoms in total. The number of aromatic nitrogens is 2. The van der Waals surface area contributed by atoms with Gasteiger partial charge in [0.25, 0.3) is 5.91 Å². The van der Waals surface area contributed by atoms with E-state index in [2.05, 4.69) is 5.10 Å². The minimum absolute atomic E-state index is 0.107. The van der Waals surface area contributed by atoms with E-state index in [1.54, 1.807) is 6.07 Å². The van der Waals surface area contributed by atoms with Crippen molar-refractivity contribution in [1.82, 2.24) is 9.78 Å². The summed E-state index contributed by atoms with van der Waals surface area (Å²) in [6.45, 7) is 0. The molecule has 0 aliphatic carbocycles. The Labute approximate surface area is 129 Å². The molecular formula is C13H6F6N4O. The smallest absolute Gasteiger partial charge is 0.382 e. The van der Waals surface area contributed by atoms with E-state index >= 15 is 0 Å². The molecular weight excluding hydrogens is 342 g/mol. The summed E-state index contributed by atoms with van der Waals surface area (Å²) in [6, 6.07) is 1.97. The van der Waals surface area contributed by atoms with Gasteiger partial charge < -0.3 is 5.73 Å². The topological polar surface area (TPSA) is 84.7 Å². The number of anilines is 1. The third-order valence-corrected chi connectivity index (χ3v) is 2.95. The number of carbonyl (C=O) groups excluding carboxylic acids is 1. The van der Waals surface area contributed by atoms with E-state index in [0.717, 1.165) is 6.20 Å². The summed E-state index contributed by atoms with van der Waals surface area (Å²) in [5.74, 6) is -1.82. The summed E-state index contributed by atoms with van der Waals surface area (Å²) in [6.07, 6.45) is -9.32. The van der Waals surface area contributed by atoms with Gasteiger partial charge in [-0.3, -0.25) is 4.79 Å². The molecule has 0 radical (unpaired) electrons. The van der Waals surface area contributed by atoms with Crippen LogP contribution in [-0.2, 0) is 12.4 Å². The van der Waals surface area contributed by atoms with Gasteiger partial charge in [0.2, 0.25) is 0 Å². The van der Waals surface area contributed by atoms with Gasteiger partial charge in [-0.1, -0.05) is 0 Å². The van der Waals surface area contributed by atoms with Gasteiger partial charge in [-0.15, -0.1) is 0 Å². The second kappa shape index (κ2) is 5.55. The summed E-state index contributed by atoms with van der Waals surface area (Å²) < 4.78 is 77.0.